The van der Waals surface area contributed by atoms with E-state index in [1.165, 1.54) is 35.5 Å². The summed E-state index contributed by atoms with van der Waals surface area (Å²) in [7, 11) is 1.85. The Bertz CT molecular complexity index is 618. The molecule has 0 aromatic carbocycles. The summed E-state index contributed by atoms with van der Waals surface area (Å²) < 4.78 is 11.8. The average Bonchev–Trinajstić information content (AvgIpc) is 3.12. The minimum atomic E-state index is -0.340. The molecule has 1 aliphatic carbocycles. The summed E-state index contributed by atoms with van der Waals surface area (Å²) in [5.41, 5.74) is 5.24. The van der Waals surface area contributed by atoms with Gasteiger partial charge in [-0.3, -0.25) is 9.69 Å². The van der Waals surface area contributed by atoms with Gasteiger partial charge in [-0.2, -0.15) is 0 Å². The molecule has 4 rings (SSSR count). The number of hydrogen-bond acceptors (Lipinski definition) is 5. The molecular formula is C19H29ClN2O3S. The first kappa shape index (κ1) is 20.1. The Morgan fingerprint density at radius 2 is 1.88 bits per heavy atom. The lowest BCUT2D eigenvalue weighted by Gasteiger charge is -2.56. The Morgan fingerprint density at radius 1 is 1.23 bits per heavy atom. The molecule has 1 amide bonds. The van der Waals surface area contributed by atoms with Crippen LogP contribution in [0.25, 0.3) is 0 Å². The van der Waals surface area contributed by atoms with Gasteiger partial charge >= 0.3 is 0 Å². The SMILES string of the molecule is COC1(c2ccc(C(N)=O)s2)[C@@H]2CCC[C@H]1CN(C1CCOCC1)C2.Cl. The van der Waals surface area contributed by atoms with E-state index >= 15 is 0 Å². The number of carbonyl (C=O) groups is 1. The van der Waals surface area contributed by atoms with E-state index in [1.807, 2.05) is 13.2 Å². The summed E-state index contributed by atoms with van der Waals surface area (Å²) in [6.07, 6.45) is 5.94. The second-order valence-corrected chi connectivity index (χ2v) is 8.73. The Balaban J connectivity index is 0.00000196. The van der Waals surface area contributed by atoms with Crippen molar-refractivity contribution < 1.29 is 14.3 Å². The predicted octanol–water partition coefficient (Wildman–Crippen LogP) is 3.02. The van der Waals surface area contributed by atoms with Gasteiger partial charge in [-0.15, -0.1) is 23.7 Å². The molecule has 3 atom stereocenters. The van der Waals surface area contributed by atoms with E-state index in [9.17, 15) is 4.79 Å². The third kappa shape index (κ3) is 3.31. The van der Waals surface area contributed by atoms with Crippen LogP contribution in [0.5, 0.6) is 0 Å². The van der Waals surface area contributed by atoms with Gasteiger partial charge in [0.2, 0.25) is 0 Å². The zero-order valence-corrected chi connectivity index (χ0v) is 16.9. The van der Waals surface area contributed by atoms with Crippen molar-refractivity contribution in [3.05, 3.63) is 21.9 Å². The van der Waals surface area contributed by atoms with Crippen LogP contribution in [-0.2, 0) is 15.1 Å². The molecule has 5 nitrogen and oxygen atoms in total. The number of primary amides is 1. The average molecular weight is 401 g/mol. The normalized spacial score (nSPS) is 32.8. The van der Waals surface area contributed by atoms with Crippen molar-refractivity contribution in [3.8, 4) is 0 Å². The number of methoxy groups -OCH3 is 1. The van der Waals surface area contributed by atoms with E-state index in [1.54, 1.807) is 0 Å². The third-order valence-electron chi connectivity index (χ3n) is 6.51. The zero-order valence-electron chi connectivity index (χ0n) is 15.3. The monoisotopic (exact) mass is 400 g/mol. The Morgan fingerprint density at radius 3 is 2.42 bits per heavy atom. The summed E-state index contributed by atoms with van der Waals surface area (Å²) in [4.78, 5) is 16.1. The van der Waals surface area contributed by atoms with Gasteiger partial charge in [-0.1, -0.05) is 6.42 Å². The van der Waals surface area contributed by atoms with Crippen molar-refractivity contribution in [3.63, 3.8) is 0 Å². The van der Waals surface area contributed by atoms with Crippen molar-refractivity contribution in [2.75, 3.05) is 33.4 Å². The second-order valence-electron chi connectivity index (χ2n) is 7.65. The number of halogens is 1. The number of likely N-dealkylation sites (tertiary alicyclic amines) is 1. The largest absolute Gasteiger partial charge is 0.381 e. The molecule has 7 heteroatoms. The van der Waals surface area contributed by atoms with Gasteiger partial charge in [-0.05, 0) is 37.8 Å². The van der Waals surface area contributed by atoms with Crippen LogP contribution < -0.4 is 5.73 Å². The van der Waals surface area contributed by atoms with Crippen LogP contribution in [0.15, 0.2) is 12.1 Å². The van der Waals surface area contributed by atoms with Crippen molar-refractivity contribution >= 4 is 29.7 Å². The number of piperidine rings is 1. The van der Waals surface area contributed by atoms with Crippen LogP contribution in [0, 0.1) is 11.8 Å². The van der Waals surface area contributed by atoms with Crippen molar-refractivity contribution in [2.24, 2.45) is 17.6 Å². The molecule has 26 heavy (non-hydrogen) atoms. The van der Waals surface area contributed by atoms with E-state index in [-0.39, 0.29) is 23.9 Å². The van der Waals surface area contributed by atoms with Gasteiger partial charge in [0.15, 0.2) is 0 Å². The highest BCUT2D eigenvalue weighted by Gasteiger charge is 2.54. The molecule has 3 heterocycles. The number of nitrogens with two attached hydrogens (primary N) is 1. The van der Waals surface area contributed by atoms with E-state index in [0.29, 0.717) is 22.8 Å². The quantitative estimate of drug-likeness (QED) is 0.843. The standard InChI is InChI=1S/C19H28N2O3S.ClH/c1-23-19(17-6-5-16(25-17)18(20)22)13-3-2-4-14(19)12-21(11-13)15-7-9-24-10-8-15;/h5-6,13-15H,2-4,7-12H2,1H3,(H2,20,22);1H/t13-,14+,19?;. The first-order valence-electron chi connectivity index (χ1n) is 9.42. The highest BCUT2D eigenvalue weighted by atomic mass is 35.5. The van der Waals surface area contributed by atoms with E-state index in [0.717, 1.165) is 39.1 Å². The molecule has 2 bridgehead atoms. The van der Waals surface area contributed by atoms with Gasteiger partial charge in [0.1, 0.15) is 5.60 Å². The molecule has 2 saturated heterocycles. The van der Waals surface area contributed by atoms with Gasteiger partial charge in [0.05, 0.1) is 4.88 Å². The van der Waals surface area contributed by atoms with Crippen molar-refractivity contribution in [1.29, 1.82) is 0 Å². The lowest BCUT2D eigenvalue weighted by atomic mass is 9.64. The number of fused-ring (bicyclic) bond motifs is 2. The fraction of sp³-hybridized carbons (Fsp3) is 0.737. The highest BCUT2D eigenvalue weighted by Crippen LogP contribution is 2.53. The molecular weight excluding hydrogens is 372 g/mol. The first-order chi connectivity index (χ1) is 12.1. The first-order valence-corrected chi connectivity index (χ1v) is 10.2. The second kappa shape index (κ2) is 8.15. The van der Waals surface area contributed by atoms with Crippen molar-refractivity contribution in [1.82, 2.24) is 4.90 Å². The van der Waals surface area contributed by atoms with Crippen LogP contribution in [-0.4, -0.2) is 50.3 Å². The van der Waals surface area contributed by atoms with E-state index in [2.05, 4.69) is 11.0 Å². The fourth-order valence-electron chi connectivity index (χ4n) is 5.33. The summed E-state index contributed by atoms with van der Waals surface area (Å²) in [5.74, 6) is 0.617. The van der Waals surface area contributed by atoms with Crippen LogP contribution in [0.4, 0.5) is 0 Å². The smallest absolute Gasteiger partial charge is 0.258 e. The topological polar surface area (TPSA) is 64.8 Å². The fourth-order valence-corrected chi connectivity index (χ4v) is 6.52. The molecule has 146 valence electrons. The maximum Gasteiger partial charge on any atom is 0.258 e. The van der Waals surface area contributed by atoms with Crippen LogP contribution in [0.2, 0.25) is 0 Å². The van der Waals surface area contributed by atoms with Gasteiger partial charge in [-0.25, -0.2) is 0 Å². The lowest BCUT2D eigenvalue weighted by Crippen LogP contribution is -2.61. The van der Waals surface area contributed by atoms with Gasteiger partial charge < -0.3 is 15.2 Å². The Kier molecular flexibility index (Phi) is 6.29. The summed E-state index contributed by atoms with van der Waals surface area (Å²) in [6.45, 7) is 3.94. The number of rotatable bonds is 4. The molecule has 1 aromatic rings. The van der Waals surface area contributed by atoms with Crippen molar-refractivity contribution in [2.45, 2.75) is 43.7 Å². The van der Waals surface area contributed by atoms with Crippen LogP contribution >= 0.6 is 23.7 Å². The van der Waals surface area contributed by atoms with Crippen LogP contribution in [0.3, 0.4) is 0 Å². The molecule has 3 aliphatic rings. The summed E-state index contributed by atoms with van der Waals surface area (Å²) in [5, 5.41) is 0. The zero-order chi connectivity index (χ0) is 17.4. The molecule has 1 unspecified atom stereocenters. The van der Waals surface area contributed by atoms with E-state index < -0.39 is 0 Å². The van der Waals surface area contributed by atoms with E-state index in [4.69, 9.17) is 15.2 Å². The third-order valence-corrected chi connectivity index (χ3v) is 7.74. The maximum absolute atomic E-state index is 11.6. The predicted molar refractivity (Wildman–Crippen MR) is 105 cm³/mol. The minimum Gasteiger partial charge on any atom is -0.381 e. The van der Waals surface area contributed by atoms with Crippen LogP contribution in [0.1, 0.15) is 46.7 Å². The Labute approximate surface area is 165 Å². The molecule has 1 saturated carbocycles. The number of nitrogens with zero attached hydrogens (tertiary/aromatic N) is 1. The minimum absolute atomic E-state index is 0. The number of thiophene rings is 1. The highest BCUT2D eigenvalue weighted by molar-refractivity contribution is 7.14. The maximum atomic E-state index is 11.6. The molecule has 3 fully saturated rings. The summed E-state index contributed by atoms with van der Waals surface area (Å²) in [6, 6.07) is 4.59. The van der Waals surface area contributed by atoms with Gasteiger partial charge in [0.25, 0.3) is 5.91 Å². The molecule has 2 N–H and O–H groups in total. The molecule has 1 aromatic heterocycles. The Hall–Kier alpha value is -0.660. The number of carbonyl (C=O) groups excluding carboxylic acids is 1. The molecule has 0 spiro atoms. The molecule has 2 aliphatic heterocycles. The number of ether oxygens (including phenoxy) is 2. The number of amides is 1. The van der Waals surface area contributed by atoms with Gasteiger partial charge in [0, 0.05) is 56.2 Å². The summed E-state index contributed by atoms with van der Waals surface area (Å²) >= 11 is 1.53. The lowest BCUT2D eigenvalue weighted by molar-refractivity contribution is -0.175. The molecule has 0 radical (unpaired) electrons. The number of hydrogen-bond donors (Lipinski definition) is 1.